The number of fused-ring (bicyclic) bond motifs is 1. The average Bonchev–Trinajstić information content (AvgIpc) is 3.05. The minimum Gasteiger partial charge on any atom is -0.480 e. The molecule has 0 saturated heterocycles. The minimum atomic E-state index is -0.426. The van der Waals surface area contributed by atoms with Crippen LogP contribution in [-0.2, 0) is 11.2 Å². The fourth-order valence-electron chi connectivity index (χ4n) is 3.34. The summed E-state index contributed by atoms with van der Waals surface area (Å²) in [6, 6.07) is 15.9. The van der Waals surface area contributed by atoms with Crippen LogP contribution in [0, 0.1) is 0 Å². The Bertz CT molecular complexity index is 801. The van der Waals surface area contributed by atoms with Gasteiger partial charge in [0.2, 0.25) is 0 Å². The van der Waals surface area contributed by atoms with E-state index in [4.69, 9.17) is 16.3 Å². The molecule has 2 aromatic carbocycles. The summed E-state index contributed by atoms with van der Waals surface area (Å²) in [6.45, 7) is 1.37. The summed E-state index contributed by atoms with van der Waals surface area (Å²) >= 11 is 6.01. The van der Waals surface area contributed by atoms with Crippen molar-refractivity contribution in [2.45, 2.75) is 18.9 Å². The molecule has 2 heterocycles. The fraction of sp³-hybridized carbons (Fsp3) is 0.250. The second-order valence-corrected chi connectivity index (χ2v) is 6.63. The number of carbonyl (C=O) groups is 1. The topological polar surface area (TPSA) is 29.5 Å². The van der Waals surface area contributed by atoms with Crippen LogP contribution in [0.1, 0.15) is 17.5 Å². The highest BCUT2D eigenvalue weighted by Crippen LogP contribution is 2.32. The quantitative estimate of drug-likeness (QED) is 0.828. The van der Waals surface area contributed by atoms with Gasteiger partial charge in [0.05, 0.1) is 0 Å². The Morgan fingerprint density at radius 1 is 1.17 bits per heavy atom. The summed E-state index contributed by atoms with van der Waals surface area (Å²) in [7, 11) is 0. The summed E-state index contributed by atoms with van der Waals surface area (Å²) in [6.07, 6.45) is 3.20. The Hall–Kier alpha value is -2.26. The number of benzene rings is 2. The molecule has 0 radical (unpaired) electrons. The maximum atomic E-state index is 12.7. The third-order valence-corrected chi connectivity index (χ3v) is 4.87. The van der Waals surface area contributed by atoms with Gasteiger partial charge in [-0.1, -0.05) is 48.0 Å². The highest BCUT2D eigenvalue weighted by molar-refractivity contribution is 6.30. The highest BCUT2D eigenvalue weighted by Gasteiger charge is 2.33. The van der Waals surface area contributed by atoms with Gasteiger partial charge in [0.1, 0.15) is 5.75 Å². The van der Waals surface area contributed by atoms with Crippen LogP contribution in [0.25, 0.3) is 5.57 Å². The SMILES string of the molecule is O=C([C@@H]1Cc2cc(Cl)ccc2O1)N1CC=C(c2ccccc2)CC1. The van der Waals surface area contributed by atoms with Crippen molar-refractivity contribution in [1.29, 1.82) is 0 Å². The van der Waals surface area contributed by atoms with Gasteiger partial charge in [0, 0.05) is 24.5 Å². The first kappa shape index (κ1) is 15.3. The summed E-state index contributed by atoms with van der Waals surface area (Å²) in [5.41, 5.74) is 3.56. The Balaban J connectivity index is 1.43. The molecule has 2 aliphatic rings. The van der Waals surface area contributed by atoms with E-state index in [1.54, 1.807) is 6.07 Å². The van der Waals surface area contributed by atoms with Crippen molar-refractivity contribution in [1.82, 2.24) is 4.90 Å². The van der Waals surface area contributed by atoms with Crippen LogP contribution in [0.3, 0.4) is 0 Å². The molecule has 2 aromatic rings. The Labute approximate surface area is 146 Å². The summed E-state index contributed by atoms with van der Waals surface area (Å²) < 4.78 is 5.82. The van der Waals surface area contributed by atoms with Crippen LogP contribution < -0.4 is 4.74 Å². The first-order valence-electron chi connectivity index (χ1n) is 8.19. The second-order valence-electron chi connectivity index (χ2n) is 6.19. The fourth-order valence-corrected chi connectivity index (χ4v) is 3.54. The molecule has 24 heavy (non-hydrogen) atoms. The number of hydrogen-bond acceptors (Lipinski definition) is 2. The lowest BCUT2D eigenvalue weighted by Crippen LogP contribution is -2.43. The molecule has 4 rings (SSSR count). The predicted molar refractivity (Wildman–Crippen MR) is 95.2 cm³/mol. The molecule has 0 saturated carbocycles. The first-order valence-corrected chi connectivity index (χ1v) is 8.57. The van der Waals surface area contributed by atoms with Crippen molar-refractivity contribution in [3.05, 3.63) is 70.8 Å². The summed E-state index contributed by atoms with van der Waals surface area (Å²) in [4.78, 5) is 14.6. The van der Waals surface area contributed by atoms with Crippen LogP contribution in [0.5, 0.6) is 5.75 Å². The molecule has 0 bridgehead atoms. The molecule has 0 fully saturated rings. The van der Waals surface area contributed by atoms with Gasteiger partial charge in [0.25, 0.3) is 5.91 Å². The number of ether oxygens (including phenoxy) is 1. The van der Waals surface area contributed by atoms with Crippen LogP contribution in [0.4, 0.5) is 0 Å². The average molecular weight is 340 g/mol. The molecule has 0 unspecified atom stereocenters. The van der Waals surface area contributed by atoms with Gasteiger partial charge < -0.3 is 9.64 Å². The number of halogens is 1. The van der Waals surface area contributed by atoms with E-state index in [9.17, 15) is 4.79 Å². The molecule has 122 valence electrons. The highest BCUT2D eigenvalue weighted by atomic mass is 35.5. The van der Waals surface area contributed by atoms with Crippen molar-refractivity contribution in [3.8, 4) is 5.75 Å². The molecule has 0 aromatic heterocycles. The Kier molecular flexibility index (Phi) is 4.03. The van der Waals surface area contributed by atoms with Gasteiger partial charge in [-0.2, -0.15) is 0 Å². The zero-order chi connectivity index (χ0) is 16.5. The molecule has 4 heteroatoms. The third-order valence-electron chi connectivity index (χ3n) is 4.64. The molecule has 1 amide bonds. The monoisotopic (exact) mass is 339 g/mol. The van der Waals surface area contributed by atoms with E-state index in [0.29, 0.717) is 18.0 Å². The number of carbonyl (C=O) groups excluding carboxylic acids is 1. The van der Waals surface area contributed by atoms with E-state index in [1.165, 1.54) is 11.1 Å². The lowest BCUT2D eigenvalue weighted by Gasteiger charge is -2.28. The Morgan fingerprint density at radius 2 is 2.00 bits per heavy atom. The smallest absolute Gasteiger partial charge is 0.264 e. The molecule has 0 spiro atoms. The van der Waals surface area contributed by atoms with Crippen molar-refractivity contribution in [2.24, 2.45) is 0 Å². The zero-order valence-corrected chi connectivity index (χ0v) is 14.0. The number of hydrogen-bond donors (Lipinski definition) is 0. The summed E-state index contributed by atoms with van der Waals surface area (Å²) in [5, 5.41) is 0.679. The standard InChI is InChI=1S/C20H18ClNO2/c21-17-6-7-18-16(12-17)13-19(24-18)20(23)22-10-8-15(9-11-22)14-4-2-1-3-5-14/h1-8,12,19H,9-11,13H2/t19-/m0/s1. The van der Waals surface area contributed by atoms with Crippen LogP contribution in [-0.4, -0.2) is 30.0 Å². The van der Waals surface area contributed by atoms with Crippen molar-refractivity contribution < 1.29 is 9.53 Å². The molecule has 3 nitrogen and oxygen atoms in total. The van der Waals surface area contributed by atoms with Crippen molar-refractivity contribution >= 4 is 23.1 Å². The van der Waals surface area contributed by atoms with E-state index in [-0.39, 0.29) is 5.91 Å². The molecule has 1 atom stereocenters. The van der Waals surface area contributed by atoms with Gasteiger partial charge in [-0.05, 0) is 41.3 Å². The van der Waals surface area contributed by atoms with Crippen LogP contribution >= 0.6 is 11.6 Å². The lowest BCUT2D eigenvalue weighted by atomic mass is 9.99. The normalized spacial score (nSPS) is 19.5. The minimum absolute atomic E-state index is 0.0608. The third kappa shape index (κ3) is 2.92. The van der Waals surface area contributed by atoms with E-state index in [0.717, 1.165) is 24.3 Å². The van der Waals surface area contributed by atoms with Crippen LogP contribution in [0.2, 0.25) is 5.02 Å². The van der Waals surface area contributed by atoms with Gasteiger partial charge in [-0.3, -0.25) is 4.79 Å². The van der Waals surface area contributed by atoms with Gasteiger partial charge in [-0.15, -0.1) is 0 Å². The van der Waals surface area contributed by atoms with E-state index in [2.05, 4.69) is 18.2 Å². The lowest BCUT2D eigenvalue weighted by molar-refractivity contribution is -0.137. The number of nitrogens with zero attached hydrogens (tertiary/aromatic N) is 1. The number of amides is 1. The van der Waals surface area contributed by atoms with Crippen molar-refractivity contribution in [3.63, 3.8) is 0 Å². The first-order chi connectivity index (χ1) is 11.7. The van der Waals surface area contributed by atoms with E-state index in [1.807, 2.05) is 35.2 Å². The molecule has 2 aliphatic heterocycles. The van der Waals surface area contributed by atoms with E-state index < -0.39 is 6.10 Å². The van der Waals surface area contributed by atoms with Crippen molar-refractivity contribution in [2.75, 3.05) is 13.1 Å². The molecular weight excluding hydrogens is 322 g/mol. The maximum Gasteiger partial charge on any atom is 0.264 e. The van der Waals surface area contributed by atoms with Crippen LogP contribution in [0.15, 0.2) is 54.6 Å². The molecular formula is C20H18ClNO2. The zero-order valence-electron chi connectivity index (χ0n) is 13.2. The van der Waals surface area contributed by atoms with Gasteiger partial charge >= 0.3 is 0 Å². The molecule has 0 aliphatic carbocycles. The maximum absolute atomic E-state index is 12.7. The number of rotatable bonds is 2. The summed E-state index contributed by atoms with van der Waals surface area (Å²) in [5.74, 6) is 0.834. The second kappa shape index (κ2) is 6.33. The largest absolute Gasteiger partial charge is 0.480 e. The molecule has 0 N–H and O–H groups in total. The van der Waals surface area contributed by atoms with E-state index >= 15 is 0 Å². The van der Waals surface area contributed by atoms with Gasteiger partial charge in [0.15, 0.2) is 6.10 Å². The Morgan fingerprint density at radius 3 is 2.75 bits per heavy atom. The predicted octanol–water partition coefficient (Wildman–Crippen LogP) is 3.96. The van der Waals surface area contributed by atoms with Gasteiger partial charge in [-0.25, -0.2) is 0 Å².